The molecule has 0 aliphatic heterocycles. The molecule has 0 aromatic heterocycles. The van der Waals surface area contributed by atoms with Gasteiger partial charge in [-0.3, -0.25) is 4.79 Å². The Morgan fingerprint density at radius 2 is 2.00 bits per heavy atom. The third-order valence-corrected chi connectivity index (χ3v) is 3.84. The molecule has 1 aromatic rings. The fraction of sp³-hybridized carbons (Fsp3) is 0.462. The van der Waals surface area contributed by atoms with Crippen molar-refractivity contribution in [1.29, 1.82) is 0 Å². The van der Waals surface area contributed by atoms with Crippen LogP contribution in [0.4, 0.5) is 11.4 Å². The van der Waals surface area contributed by atoms with Crippen molar-refractivity contribution in [2.45, 2.75) is 30.8 Å². The Kier molecular flexibility index (Phi) is 6.01. The maximum Gasteiger partial charge on any atom is 0.237 e. The van der Waals surface area contributed by atoms with Crippen LogP contribution in [0.5, 0.6) is 0 Å². The second-order valence-electron chi connectivity index (χ2n) is 4.21. The summed E-state index contributed by atoms with van der Waals surface area (Å²) in [5.41, 5.74) is 7.00. The van der Waals surface area contributed by atoms with Crippen molar-refractivity contribution in [1.82, 2.24) is 0 Å². The molecule has 1 amide bonds. The van der Waals surface area contributed by atoms with Crippen LogP contribution < -0.4 is 11.1 Å². The minimum Gasteiger partial charge on any atom is -0.399 e. The number of aliphatic hydroxyl groups is 1. The van der Waals surface area contributed by atoms with Gasteiger partial charge in [0.25, 0.3) is 0 Å². The van der Waals surface area contributed by atoms with E-state index in [1.165, 1.54) is 0 Å². The number of anilines is 2. The Morgan fingerprint density at radius 1 is 1.39 bits per heavy atom. The Bertz CT molecular complexity index is 381. The molecule has 0 bridgehead atoms. The Labute approximate surface area is 112 Å². The number of nitrogens with two attached hydrogens (primary N) is 1. The van der Waals surface area contributed by atoms with E-state index in [-0.39, 0.29) is 23.0 Å². The van der Waals surface area contributed by atoms with Gasteiger partial charge in [0, 0.05) is 23.2 Å². The third kappa shape index (κ3) is 4.98. The van der Waals surface area contributed by atoms with Gasteiger partial charge < -0.3 is 16.2 Å². The summed E-state index contributed by atoms with van der Waals surface area (Å²) in [7, 11) is 0. The lowest BCUT2D eigenvalue weighted by atomic mass is 10.3. The molecule has 100 valence electrons. The van der Waals surface area contributed by atoms with Gasteiger partial charge in [0.1, 0.15) is 0 Å². The topological polar surface area (TPSA) is 75.3 Å². The second-order valence-corrected chi connectivity index (χ2v) is 6.00. The summed E-state index contributed by atoms with van der Waals surface area (Å²) >= 11 is 1.56. The van der Waals surface area contributed by atoms with Crippen LogP contribution in [0.3, 0.4) is 0 Å². The average Bonchev–Trinajstić information content (AvgIpc) is 2.32. The lowest BCUT2D eigenvalue weighted by Gasteiger charge is -2.16. The van der Waals surface area contributed by atoms with Crippen LogP contribution in [0.25, 0.3) is 0 Å². The highest BCUT2D eigenvalue weighted by Gasteiger charge is 2.16. The quantitative estimate of drug-likeness (QED) is 0.691. The van der Waals surface area contributed by atoms with Crippen LogP contribution in [-0.2, 0) is 4.79 Å². The molecule has 0 aliphatic rings. The van der Waals surface area contributed by atoms with Gasteiger partial charge in [0.2, 0.25) is 5.91 Å². The molecule has 4 nitrogen and oxygen atoms in total. The summed E-state index contributed by atoms with van der Waals surface area (Å²) in [4.78, 5) is 11.9. The van der Waals surface area contributed by atoms with E-state index in [9.17, 15) is 4.79 Å². The SMILES string of the molecule is CC(CCO)SC(C)C(=O)Nc1ccc(N)cc1. The van der Waals surface area contributed by atoms with E-state index >= 15 is 0 Å². The van der Waals surface area contributed by atoms with Gasteiger partial charge in [-0.1, -0.05) is 6.92 Å². The molecular formula is C13H20N2O2S. The summed E-state index contributed by atoms with van der Waals surface area (Å²) < 4.78 is 0. The zero-order chi connectivity index (χ0) is 13.5. The zero-order valence-electron chi connectivity index (χ0n) is 10.7. The first-order valence-electron chi connectivity index (χ1n) is 5.95. The van der Waals surface area contributed by atoms with E-state index in [0.717, 1.165) is 5.69 Å². The Morgan fingerprint density at radius 3 is 2.56 bits per heavy atom. The fourth-order valence-electron chi connectivity index (χ4n) is 1.47. The van der Waals surface area contributed by atoms with E-state index < -0.39 is 0 Å². The molecule has 0 heterocycles. The largest absolute Gasteiger partial charge is 0.399 e. The molecule has 0 fully saturated rings. The normalized spacial score (nSPS) is 13.9. The molecular weight excluding hydrogens is 248 g/mol. The molecule has 2 atom stereocenters. The molecule has 5 heteroatoms. The van der Waals surface area contributed by atoms with E-state index in [1.807, 2.05) is 13.8 Å². The van der Waals surface area contributed by atoms with Crippen molar-refractivity contribution < 1.29 is 9.90 Å². The molecule has 1 aromatic carbocycles. The Balaban J connectivity index is 2.46. The van der Waals surface area contributed by atoms with Crippen molar-refractivity contribution in [2.75, 3.05) is 17.7 Å². The first-order valence-corrected chi connectivity index (χ1v) is 6.90. The number of aliphatic hydroxyl groups excluding tert-OH is 1. The number of hydrogen-bond donors (Lipinski definition) is 3. The van der Waals surface area contributed by atoms with Crippen LogP contribution in [0.15, 0.2) is 24.3 Å². The molecule has 0 aliphatic carbocycles. The first-order chi connectivity index (χ1) is 8.52. The van der Waals surface area contributed by atoms with Gasteiger partial charge in [-0.05, 0) is 37.6 Å². The van der Waals surface area contributed by atoms with Crippen molar-refractivity contribution in [2.24, 2.45) is 0 Å². The smallest absolute Gasteiger partial charge is 0.237 e. The van der Waals surface area contributed by atoms with Gasteiger partial charge in [0.15, 0.2) is 0 Å². The van der Waals surface area contributed by atoms with Crippen molar-refractivity contribution in [3.8, 4) is 0 Å². The number of rotatable bonds is 6. The van der Waals surface area contributed by atoms with Gasteiger partial charge >= 0.3 is 0 Å². The molecule has 0 radical (unpaired) electrons. The van der Waals surface area contributed by atoms with E-state index in [4.69, 9.17) is 10.8 Å². The maximum atomic E-state index is 11.9. The second kappa shape index (κ2) is 7.28. The highest BCUT2D eigenvalue weighted by molar-refractivity contribution is 8.01. The number of nitrogen functional groups attached to an aromatic ring is 1. The molecule has 0 saturated heterocycles. The molecule has 4 N–H and O–H groups in total. The Hall–Kier alpha value is -1.20. The number of nitrogens with one attached hydrogen (secondary N) is 1. The van der Waals surface area contributed by atoms with E-state index in [0.29, 0.717) is 12.1 Å². The summed E-state index contributed by atoms with van der Waals surface area (Å²) in [6.45, 7) is 4.03. The molecule has 0 spiro atoms. The lowest BCUT2D eigenvalue weighted by molar-refractivity contribution is -0.115. The van der Waals surface area contributed by atoms with Gasteiger partial charge in [-0.2, -0.15) is 0 Å². The number of hydrogen-bond acceptors (Lipinski definition) is 4. The number of carbonyl (C=O) groups is 1. The van der Waals surface area contributed by atoms with Gasteiger partial charge in [-0.25, -0.2) is 0 Å². The zero-order valence-corrected chi connectivity index (χ0v) is 11.5. The minimum atomic E-state index is -0.149. The first kappa shape index (κ1) is 14.9. The fourth-order valence-corrected chi connectivity index (χ4v) is 2.59. The van der Waals surface area contributed by atoms with Crippen LogP contribution >= 0.6 is 11.8 Å². The van der Waals surface area contributed by atoms with Crippen LogP contribution in [0.2, 0.25) is 0 Å². The van der Waals surface area contributed by atoms with Crippen LogP contribution in [0, 0.1) is 0 Å². The highest BCUT2D eigenvalue weighted by Crippen LogP contribution is 2.21. The summed E-state index contributed by atoms with van der Waals surface area (Å²) in [6.07, 6.45) is 0.699. The standard InChI is InChI=1S/C13H20N2O2S/c1-9(7-8-16)18-10(2)13(17)15-12-5-3-11(14)4-6-12/h3-6,9-10,16H,7-8,14H2,1-2H3,(H,15,17). The summed E-state index contributed by atoms with van der Waals surface area (Å²) in [5.74, 6) is -0.0328. The van der Waals surface area contributed by atoms with Crippen molar-refractivity contribution in [3.05, 3.63) is 24.3 Å². The number of benzene rings is 1. The van der Waals surface area contributed by atoms with E-state index in [1.54, 1.807) is 36.0 Å². The number of thioether (sulfide) groups is 1. The highest BCUT2D eigenvalue weighted by atomic mass is 32.2. The monoisotopic (exact) mass is 268 g/mol. The summed E-state index contributed by atoms with van der Waals surface area (Å²) in [5, 5.41) is 11.8. The third-order valence-electron chi connectivity index (χ3n) is 2.52. The maximum absolute atomic E-state index is 11.9. The van der Waals surface area contributed by atoms with Crippen molar-refractivity contribution in [3.63, 3.8) is 0 Å². The predicted molar refractivity (Wildman–Crippen MR) is 77.7 cm³/mol. The number of carbonyl (C=O) groups excluding carboxylic acids is 1. The molecule has 2 unspecified atom stereocenters. The van der Waals surface area contributed by atoms with Gasteiger partial charge in [0.05, 0.1) is 5.25 Å². The van der Waals surface area contributed by atoms with E-state index in [2.05, 4.69) is 5.32 Å². The number of amides is 1. The lowest BCUT2D eigenvalue weighted by Crippen LogP contribution is -2.24. The minimum absolute atomic E-state index is 0.0328. The molecule has 1 rings (SSSR count). The van der Waals surface area contributed by atoms with Crippen molar-refractivity contribution >= 4 is 29.0 Å². The van der Waals surface area contributed by atoms with Gasteiger partial charge in [-0.15, -0.1) is 11.8 Å². The van der Waals surface area contributed by atoms with Crippen LogP contribution in [-0.4, -0.2) is 28.1 Å². The molecule has 0 saturated carbocycles. The van der Waals surface area contributed by atoms with Crippen LogP contribution in [0.1, 0.15) is 20.3 Å². The predicted octanol–water partition coefficient (Wildman–Crippen LogP) is 2.10. The summed E-state index contributed by atoms with van der Waals surface area (Å²) in [6, 6.07) is 7.06. The average molecular weight is 268 g/mol. The molecule has 18 heavy (non-hydrogen) atoms.